The summed E-state index contributed by atoms with van der Waals surface area (Å²) < 4.78 is 24.9. The molecule has 1 saturated carbocycles. The Morgan fingerprint density at radius 2 is 1.10 bits per heavy atom. The van der Waals surface area contributed by atoms with Crippen LogP contribution in [0.2, 0.25) is 5.02 Å². The molecule has 3 fully saturated rings. The molecule has 9 amide bonds. The van der Waals surface area contributed by atoms with E-state index < -0.39 is 114 Å². The molecule has 8 atom stereocenters. The lowest BCUT2D eigenvalue weighted by Crippen LogP contribution is -2.61. The Balaban J connectivity index is 1.45. The van der Waals surface area contributed by atoms with Crippen LogP contribution in [0.5, 0.6) is 0 Å². The molecule has 3 aromatic rings. The predicted molar refractivity (Wildman–Crippen MR) is 300 cm³/mol. The van der Waals surface area contributed by atoms with Crippen molar-refractivity contribution in [1.82, 2.24) is 45.8 Å². The fraction of sp³-hybridized carbons (Fsp3) is 0.542. The van der Waals surface area contributed by atoms with Crippen molar-refractivity contribution in [2.45, 2.75) is 133 Å². The smallest absolute Gasteiger partial charge is 0.246 e. The molecule has 2 saturated heterocycles. The van der Waals surface area contributed by atoms with Gasteiger partial charge in [-0.2, -0.15) is 0 Å². The van der Waals surface area contributed by atoms with Gasteiger partial charge in [-0.1, -0.05) is 91.9 Å². The van der Waals surface area contributed by atoms with Crippen LogP contribution in [-0.4, -0.2) is 194 Å². The fourth-order valence-electron chi connectivity index (χ4n) is 10.8. The molecular formula is C59H79ClFN9O11. The van der Waals surface area contributed by atoms with Gasteiger partial charge in [-0.15, -0.1) is 0 Å². The van der Waals surface area contributed by atoms with Gasteiger partial charge in [-0.25, -0.2) is 4.39 Å². The summed E-state index contributed by atoms with van der Waals surface area (Å²) in [7, 11) is 7.10. The van der Waals surface area contributed by atoms with Crippen LogP contribution in [0, 0.1) is 11.7 Å². The van der Waals surface area contributed by atoms with Crippen LogP contribution in [0.4, 0.5) is 4.39 Å². The molecule has 0 radical (unpaired) electrons. The first kappa shape index (κ1) is 63.2. The van der Waals surface area contributed by atoms with Gasteiger partial charge in [-0.05, 0) is 86.4 Å². The van der Waals surface area contributed by atoms with Gasteiger partial charge >= 0.3 is 0 Å². The second-order valence-corrected chi connectivity index (χ2v) is 21.9. The van der Waals surface area contributed by atoms with Crippen LogP contribution >= 0.6 is 11.6 Å². The molecule has 20 nitrogen and oxygen atoms in total. The lowest BCUT2D eigenvalue weighted by molar-refractivity contribution is -0.151. The molecule has 0 unspecified atom stereocenters. The van der Waals surface area contributed by atoms with Crippen molar-refractivity contribution in [2.75, 3.05) is 68.2 Å². The quantitative estimate of drug-likeness (QED) is 0.183. The van der Waals surface area contributed by atoms with Crippen LogP contribution in [0.1, 0.15) is 81.9 Å². The summed E-state index contributed by atoms with van der Waals surface area (Å²) in [5.41, 5.74) is 1.78. The fourth-order valence-corrected chi connectivity index (χ4v) is 10.9. The number of methoxy groups -OCH3 is 2. The summed E-state index contributed by atoms with van der Waals surface area (Å²) in [6.07, 6.45) is 3.96. The molecule has 22 heteroatoms. The third-order valence-electron chi connectivity index (χ3n) is 15.9. The van der Waals surface area contributed by atoms with Crippen LogP contribution in [-0.2, 0) is 71.9 Å². The molecule has 0 aromatic heterocycles. The molecule has 6 rings (SSSR count). The maximum atomic E-state index is 15.4. The minimum absolute atomic E-state index is 0.00374. The zero-order chi connectivity index (χ0) is 58.9. The summed E-state index contributed by atoms with van der Waals surface area (Å²) in [6.45, 7) is 2.41. The van der Waals surface area contributed by atoms with E-state index in [0.717, 1.165) is 35.5 Å². The molecule has 0 bridgehead atoms. The molecule has 3 aliphatic rings. The highest BCUT2D eigenvalue weighted by molar-refractivity contribution is 6.30. The van der Waals surface area contributed by atoms with E-state index in [2.05, 4.69) is 21.3 Å². The number of carbonyl (C=O) groups is 9. The standard InChI is InChI=1S/C59H79ClFN9O11/c1-37-55(75)66(3)38(2)56(76)69(29-31-81-7)36-51(71)62-46(33-42-21-25-44(61)26-22-42)52(72)64-47(32-39-16-11-12-17-39)53(73)65-48(34-41-19-23-43(60)24-20-41)58(78)68(5)50(35-40-14-9-8-10-15-40)59(79)70-28-13-18-49(70)54(74)63-45(27-30-80-6)57(77)67(37)4/h8-10,14-15,19-26,37-39,45-50H,11-13,16-18,27-36H2,1-7H3,(H,62,71)(H,63,74)(H,64,72)(H,65,73)/t37-,38+,45-,46-,47-,48-,49+,50-/m0/s1. The maximum Gasteiger partial charge on any atom is 0.246 e. The summed E-state index contributed by atoms with van der Waals surface area (Å²) in [4.78, 5) is 138. The average Bonchev–Trinajstić information content (AvgIpc) is 4.20. The van der Waals surface area contributed by atoms with Gasteiger partial charge in [-0.3, -0.25) is 43.2 Å². The molecule has 2 aliphatic heterocycles. The van der Waals surface area contributed by atoms with E-state index in [9.17, 15) is 33.2 Å². The topological polar surface area (TPSA) is 236 Å². The minimum atomic E-state index is -1.38. The van der Waals surface area contributed by atoms with Gasteiger partial charge in [0.05, 0.1) is 13.2 Å². The number of carbonyl (C=O) groups excluding carboxylic acids is 9. The van der Waals surface area contributed by atoms with E-state index in [1.807, 2.05) is 18.2 Å². The second-order valence-electron chi connectivity index (χ2n) is 21.5. The monoisotopic (exact) mass is 1140 g/mol. The predicted octanol–water partition coefficient (Wildman–Crippen LogP) is 3.06. The Labute approximate surface area is 479 Å². The normalized spacial score (nSPS) is 25.1. The molecule has 2 heterocycles. The Morgan fingerprint density at radius 3 is 1.74 bits per heavy atom. The van der Waals surface area contributed by atoms with E-state index in [4.69, 9.17) is 21.1 Å². The van der Waals surface area contributed by atoms with Gasteiger partial charge in [0.2, 0.25) is 53.2 Å². The van der Waals surface area contributed by atoms with Crippen LogP contribution in [0.15, 0.2) is 78.9 Å². The van der Waals surface area contributed by atoms with Gasteiger partial charge in [0.25, 0.3) is 0 Å². The molecule has 4 N–H and O–H groups in total. The molecular weight excluding hydrogens is 1070 g/mol. The Kier molecular flexibility index (Phi) is 23.6. The lowest BCUT2D eigenvalue weighted by Gasteiger charge is -2.36. The summed E-state index contributed by atoms with van der Waals surface area (Å²) in [6, 6.07) is 11.3. The Hall–Kier alpha value is -6.97. The van der Waals surface area contributed by atoms with Crippen molar-refractivity contribution in [2.24, 2.45) is 5.92 Å². The molecule has 1 aliphatic carbocycles. The highest BCUT2D eigenvalue weighted by atomic mass is 35.5. The van der Waals surface area contributed by atoms with Crippen molar-refractivity contribution in [3.63, 3.8) is 0 Å². The molecule has 0 spiro atoms. The maximum absolute atomic E-state index is 15.4. The van der Waals surface area contributed by atoms with Crippen LogP contribution < -0.4 is 21.3 Å². The number of nitrogens with zero attached hydrogens (tertiary/aromatic N) is 5. The van der Waals surface area contributed by atoms with Crippen molar-refractivity contribution in [3.8, 4) is 0 Å². The zero-order valence-electron chi connectivity index (χ0n) is 47.5. The van der Waals surface area contributed by atoms with Gasteiger partial charge < -0.3 is 55.2 Å². The number of nitrogens with one attached hydrogen (secondary N) is 4. The number of benzene rings is 3. The molecule has 440 valence electrons. The van der Waals surface area contributed by atoms with E-state index in [1.165, 1.54) is 88.2 Å². The number of ether oxygens (including phenoxy) is 2. The molecule has 81 heavy (non-hydrogen) atoms. The number of halogens is 2. The summed E-state index contributed by atoms with van der Waals surface area (Å²) in [5.74, 6) is -6.57. The second kappa shape index (κ2) is 30.2. The highest BCUT2D eigenvalue weighted by Crippen LogP contribution is 2.29. The number of amides is 9. The Bertz CT molecular complexity index is 2660. The average molecular weight is 1140 g/mol. The SMILES string of the molecule is COCC[C@@H]1NC(=O)[C@H]2CCCN2C(=O)[C@H](Cc2ccccc2)N(C)C(=O)[C@H](Cc2ccc(Cl)cc2)NC(=O)[C@H](CC2CCCC2)NC(=O)[C@H](Cc2ccc(F)cc2)NC(=O)CN(CCOC)C(=O)[C@@H](C)N(C)C(=O)[C@H](C)N(C)C1=O. The van der Waals surface area contributed by atoms with E-state index in [-0.39, 0.29) is 70.7 Å². The summed E-state index contributed by atoms with van der Waals surface area (Å²) in [5, 5.41) is 11.9. The number of likely N-dealkylation sites (N-methyl/N-ethyl adjacent to an activating group) is 3. The van der Waals surface area contributed by atoms with Crippen LogP contribution in [0.3, 0.4) is 0 Å². The zero-order valence-corrected chi connectivity index (χ0v) is 48.3. The Morgan fingerprint density at radius 1 is 0.556 bits per heavy atom. The third kappa shape index (κ3) is 17.3. The van der Waals surface area contributed by atoms with E-state index in [0.29, 0.717) is 28.1 Å². The molecule has 3 aromatic carbocycles. The first-order chi connectivity index (χ1) is 38.7. The van der Waals surface area contributed by atoms with Crippen molar-refractivity contribution >= 4 is 64.8 Å². The summed E-state index contributed by atoms with van der Waals surface area (Å²) >= 11 is 6.30. The van der Waals surface area contributed by atoms with Gasteiger partial charge in [0, 0.05) is 79.3 Å². The van der Waals surface area contributed by atoms with Gasteiger partial charge in [0.1, 0.15) is 54.2 Å². The third-order valence-corrected chi connectivity index (χ3v) is 16.1. The van der Waals surface area contributed by atoms with Gasteiger partial charge in [0.15, 0.2) is 0 Å². The van der Waals surface area contributed by atoms with Crippen molar-refractivity contribution in [3.05, 3.63) is 106 Å². The largest absolute Gasteiger partial charge is 0.385 e. The number of hydrogen-bond acceptors (Lipinski definition) is 11. The minimum Gasteiger partial charge on any atom is -0.385 e. The highest BCUT2D eigenvalue weighted by Gasteiger charge is 2.43. The first-order valence-corrected chi connectivity index (χ1v) is 28.2. The van der Waals surface area contributed by atoms with E-state index >= 15 is 14.4 Å². The lowest BCUT2D eigenvalue weighted by atomic mass is 9.96. The van der Waals surface area contributed by atoms with Crippen LogP contribution in [0.25, 0.3) is 0 Å². The van der Waals surface area contributed by atoms with E-state index in [1.54, 1.807) is 36.4 Å². The number of rotatable bonds is 14. The number of fused-ring (bicyclic) bond motifs is 1. The van der Waals surface area contributed by atoms with Crippen molar-refractivity contribution in [1.29, 1.82) is 0 Å². The number of hydrogen-bond donors (Lipinski definition) is 4. The van der Waals surface area contributed by atoms with Crippen molar-refractivity contribution < 1.29 is 57.0 Å². The first-order valence-electron chi connectivity index (χ1n) is 27.8.